The van der Waals surface area contributed by atoms with Gasteiger partial charge in [0.25, 0.3) is 0 Å². The van der Waals surface area contributed by atoms with Crippen molar-refractivity contribution in [3.8, 4) is 5.75 Å². The molecule has 0 radical (unpaired) electrons. The number of carbonyl (C=O) groups excluding carboxylic acids is 1. The third kappa shape index (κ3) is 5.80. The van der Waals surface area contributed by atoms with Gasteiger partial charge in [-0.3, -0.25) is 19.3 Å². The minimum atomic E-state index is -4.29. The van der Waals surface area contributed by atoms with Gasteiger partial charge < -0.3 is 4.74 Å². The molecule has 2 fully saturated rings. The molecule has 1 aliphatic carbocycles. The Morgan fingerprint density at radius 2 is 1.71 bits per heavy atom. The second-order valence-corrected chi connectivity index (χ2v) is 10.9. The molecular formula is C27H27Cl2F3N4O2. The van der Waals surface area contributed by atoms with Crippen LogP contribution in [0.1, 0.15) is 29.7 Å². The van der Waals surface area contributed by atoms with Gasteiger partial charge in [0.15, 0.2) is 5.82 Å². The van der Waals surface area contributed by atoms with Gasteiger partial charge in [-0.25, -0.2) is 0 Å². The van der Waals surface area contributed by atoms with Gasteiger partial charge in [-0.05, 0) is 55.7 Å². The molecule has 0 bridgehead atoms. The van der Waals surface area contributed by atoms with E-state index >= 15 is 0 Å². The number of hydrogen-bond acceptors (Lipinski definition) is 4. The summed E-state index contributed by atoms with van der Waals surface area (Å²) < 4.78 is 47.5. The number of aryl methyl sites for hydroxylation is 1. The Morgan fingerprint density at radius 1 is 1.00 bits per heavy atom. The van der Waals surface area contributed by atoms with Crippen LogP contribution < -0.4 is 9.64 Å². The summed E-state index contributed by atoms with van der Waals surface area (Å²) in [6.07, 6.45) is -4.15. The fourth-order valence-corrected chi connectivity index (χ4v) is 4.90. The second kappa shape index (κ2) is 10.4. The molecule has 0 atom stereocenters. The summed E-state index contributed by atoms with van der Waals surface area (Å²) in [5.41, 5.74) is 0.733. The molecule has 0 N–H and O–H groups in total. The van der Waals surface area contributed by atoms with Gasteiger partial charge in [0, 0.05) is 47.0 Å². The Hall–Kier alpha value is -2.75. The quantitative estimate of drug-likeness (QED) is 0.330. The standard InChI is InChI=1S/C27H27Cl2F3N4O2/c1-18-12-24(35-11-10-34(16-25(35)37)14-19-2-4-21(28)5-3-19)33-36(18)15-20-13-22(29)6-7-23(20)38-17-26(8-9-26)27(30,31)32/h2-7,12-13H,8-11,14-17H2,1H3. The normalized spacial score (nSPS) is 17.6. The van der Waals surface area contributed by atoms with Crippen molar-refractivity contribution >= 4 is 34.9 Å². The van der Waals surface area contributed by atoms with Crippen LogP contribution in [0.4, 0.5) is 19.0 Å². The van der Waals surface area contributed by atoms with Crippen molar-refractivity contribution in [1.82, 2.24) is 14.7 Å². The lowest BCUT2D eigenvalue weighted by Crippen LogP contribution is -2.50. The average Bonchev–Trinajstić information content (AvgIpc) is 3.58. The van der Waals surface area contributed by atoms with Crippen molar-refractivity contribution in [3.05, 3.63) is 75.4 Å². The predicted octanol–water partition coefficient (Wildman–Crippen LogP) is 6.12. The maximum Gasteiger partial charge on any atom is 0.397 e. The summed E-state index contributed by atoms with van der Waals surface area (Å²) in [7, 11) is 0. The van der Waals surface area contributed by atoms with Crippen LogP contribution in [0, 0.1) is 12.3 Å². The molecule has 2 aromatic carbocycles. The van der Waals surface area contributed by atoms with E-state index in [0.717, 1.165) is 11.3 Å². The van der Waals surface area contributed by atoms with Crippen molar-refractivity contribution in [2.24, 2.45) is 5.41 Å². The van der Waals surface area contributed by atoms with Crippen molar-refractivity contribution in [2.75, 3.05) is 31.1 Å². The lowest BCUT2D eigenvalue weighted by atomic mass is 10.1. The van der Waals surface area contributed by atoms with Crippen molar-refractivity contribution in [2.45, 2.75) is 39.0 Å². The number of rotatable bonds is 8. The Bertz CT molecular complexity index is 1320. The monoisotopic (exact) mass is 566 g/mol. The number of piperazine rings is 1. The first-order valence-corrected chi connectivity index (χ1v) is 13.1. The molecule has 202 valence electrons. The van der Waals surface area contributed by atoms with E-state index in [1.165, 1.54) is 0 Å². The Labute approximate surface area is 228 Å². The summed E-state index contributed by atoms with van der Waals surface area (Å²) in [6.45, 7) is 3.78. The minimum absolute atomic E-state index is 0.0523. The van der Waals surface area contributed by atoms with Crippen molar-refractivity contribution in [3.63, 3.8) is 0 Å². The molecule has 1 saturated carbocycles. The molecule has 6 nitrogen and oxygen atoms in total. The van der Waals surface area contributed by atoms with Gasteiger partial charge in [-0.2, -0.15) is 18.3 Å². The number of aromatic nitrogens is 2. The number of amides is 1. The summed E-state index contributed by atoms with van der Waals surface area (Å²) in [6, 6.07) is 14.3. The van der Waals surface area contributed by atoms with Crippen molar-refractivity contribution < 1.29 is 22.7 Å². The highest BCUT2D eigenvalue weighted by molar-refractivity contribution is 6.30. The molecule has 11 heteroatoms. The Morgan fingerprint density at radius 3 is 2.37 bits per heavy atom. The fraction of sp³-hybridized carbons (Fsp3) is 0.407. The number of halogens is 5. The highest BCUT2D eigenvalue weighted by Gasteiger charge is 2.63. The summed E-state index contributed by atoms with van der Waals surface area (Å²) in [5.74, 6) is 0.828. The number of alkyl halides is 3. The van der Waals surface area contributed by atoms with Crippen LogP contribution in [-0.4, -0.2) is 53.0 Å². The predicted molar refractivity (Wildman–Crippen MR) is 140 cm³/mol. The number of carbonyl (C=O) groups is 1. The van der Waals surface area contributed by atoms with Crippen LogP contribution in [0.25, 0.3) is 0 Å². The van der Waals surface area contributed by atoms with Gasteiger partial charge in [-0.15, -0.1) is 0 Å². The zero-order chi connectivity index (χ0) is 27.1. The van der Waals surface area contributed by atoms with Gasteiger partial charge in [0.2, 0.25) is 5.91 Å². The van der Waals surface area contributed by atoms with E-state index in [-0.39, 0.29) is 31.8 Å². The molecule has 2 heterocycles. The first kappa shape index (κ1) is 26.8. The van der Waals surface area contributed by atoms with E-state index in [9.17, 15) is 18.0 Å². The molecule has 1 amide bonds. The molecule has 1 aliphatic heterocycles. The zero-order valence-electron chi connectivity index (χ0n) is 20.8. The molecule has 3 aromatic rings. The smallest absolute Gasteiger partial charge is 0.397 e. The van der Waals surface area contributed by atoms with Crippen LogP contribution in [0.5, 0.6) is 5.75 Å². The second-order valence-electron chi connectivity index (χ2n) is 10.0. The topological polar surface area (TPSA) is 50.6 Å². The van der Waals surface area contributed by atoms with Crippen LogP contribution >= 0.6 is 23.2 Å². The lowest BCUT2D eigenvalue weighted by Gasteiger charge is -2.33. The molecule has 0 spiro atoms. The van der Waals surface area contributed by atoms with Gasteiger partial charge in [-0.1, -0.05) is 35.3 Å². The molecule has 1 aromatic heterocycles. The Kier molecular flexibility index (Phi) is 7.37. The summed E-state index contributed by atoms with van der Waals surface area (Å²) in [5, 5.41) is 5.76. The fourth-order valence-electron chi connectivity index (χ4n) is 4.58. The molecule has 1 saturated heterocycles. The number of benzene rings is 2. The number of ether oxygens (including phenoxy) is 1. The van der Waals surface area contributed by atoms with Crippen molar-refractivity contribution in [1.29, 1.82) is 0 Å². The number of nitrogens with zero attached hydrogens (tertiary/aromatic N) is 4. The minimum Gasteiger partial charge on any atom is -0.492 e. The number of anilines is 1. The maximum absolute atomic E-state index is 13.4. The largest absolute Gasteiger partial charge is 0.492 e. The number of hydrogen-bond donors (Lipinski definition) is 0. The van der Waals surface area contributed by atoms with E-state index in [1.807, 2.05) is 37.3 Å². The van der Waals surface area contributed by atoms with E-state index in [1.54, 1.807) is 27.8 Å². The highest BCUT2D eigenvalue weighted by atomic mass is 35.5. The van der Waals surface area contributed by atoms with Crippen LogP contribution in [0.3, 0.4) is 0 Å². The van der Waals surface area contributed by atoms with Gasteiger partial charge >= 0.3 is 6.18 Å². The maximum atomic E-state index is 13.4. The zero-order valence-corrected chi connectivity index (χ0v) is 22.3. The third-order valence-corrected chi connectivity index (χ3v) is 7.65. The van der Waals surface area contributed by atoms with E-state index < -0.39 is 18.2 Å². The van der Waals surface area contributed by atoms with Crippen LogP contribution in [0.2, 0.25) is 10.0 Å². The Balaban J connectivity index is 1.26. The first-order chi connectivity index (χ1) is 18.0. The van der Waals surface area contributed by atoms with Gasteiger partial charge in [0.1, 0.15) is 17.8 Å². The summed E-state index contributed by atoms with van der Waals surface area (Å²) >= 11 is 12.2. The molecule has 38 heavy (non-hydrogen) atoms. The van der Waals surface area contributed by atoms with E-state index in [0.29, 0.717) is 46.8 Å². The van der Waals surface area contributed by atoms with E-state index in [4.69, 9.17) is 27.9 Å². The highest BCUT2D eigenvalue weighted by Crippen LogP contribution is 2.57. The molecule has 5 rings (SSSR count). The third-order valence-electron chi connectivity index (χ3n) is 7.17. The average molecular weight is 567 g/mol. The molecular weight excluding hydrogens is 540 g/mol. The molecule has 2 aliphatic rings. The van der Waals surface area contributed by atoms with Gasteiger partial charge in [0.05, 0.1) is 13.1 Å². The van der Waals surface area contributed by atoms with E-state index in [2.05, 4.69) is 10.00 Å². The SMILES string of the molecule is Cc1cc(N2CCN(Cc3ccc(Cl)cc3)CC2=O)nn1Cc1cc(Cl)ccc1OCC1(C(F)(F)F)CC1. The molecule has 0 unspecified atom stereocenters. The lowest BCUT2D eigenvalue weighted by molar-refractivity contribution is -0.194. The first-order valence-electron chi connectivity index (χ1n) is 12.3. The van der Waals surface area contributed by atoms with Crippen LogP contribution in [0.15, 0.2) is 48.5 Å². The summed E-state index contributed by atoms with van der Waals surface area (Å²) in [4.78, 5) is 16.7. The van der Waals surface area contributed by atoms with Crippen LogP contribution in [-0.2, 0) is 17.9 Å².